The number of carboxylic acid groups (broad SMARTS) is 1. The van der Waals surface area contributed by atoms with Crippen LogP contribution >= 0.6 is 0 Å². The SMILES string of the molecule is O=C(O)OS(=O)(=O)OCCO. The summed E-state index contributed by atoms with van der Waals surface area (Å²) in [6.07, 6.45) is -1.98. The average Bonchev–Trinajstić information content (AvgIpc) is 1.81. The minimum absolute atomic E-state index is 0.532. The molecule has 0 unspecified atom stereocenters. The molecule has 8 heteroatoms. The van der Waals surface area contributed by atoms with Crippen LogP contribution in [0.25, 0.3) is 0 Å². The summed E-state index contributed by atoms with van der Waals surface area (Å²) in [5.41, 5.74) is 0. The van der Waals surface area contributed by atoms with Gasteiger partial charge in [-0.15, -0.1) is 0 Å². The van der Waals surface area contributed by atoms with Gasteiger partial charge in [-0.05, 0) is 0 Å². The largest absolute Gasteiger partial charge is 0.523 e. The van der Waals surface area contributed by atoms with Crippen LogP contribution in [0.1, 0.15) is 0 Å². The first-order valence-electron chi connectivity index (χ1n) is 2.40. The van der Waals surface area contributed by atoms with Crippen LogP contribution in [0.5, 0.6) is 0 Å². The lowest BCUT2D eigenvalue weighted by atomic mass is 10.8. The first-order chi connectivity index (χ1) is 4.98. The maximum atomic E-state index is 10.3. The van der Waals surface area contributed by atoms with Crippen molar-refractivity contribution < 1.29 is 31.8 Å². The molecule has 0 aliphatic rings. The topological polar surface area (TPSA) is 110 Å². The molecule has 66 valence electrons. The van der Waals surface area contributed by atoms with Gasteiger partial charge in [0.1, 0.15) is 0 Å². The second-order valence-electron chi connectivity index (χ2n) is 1.30. The van der Waals surface area contributed by atoms with Crippen LogP contribution in [0.4, 0.5) is 4.79 Å². The highest BCUT2D eigenvalue weighted by atomic mass is 32.3. The maximum Gasteiger partial charge on any atom is 0.523 e. The standard InChI is InChI=1S/C3H6O7S/c4-1-2-9-11(7,8)10-3(5)6/h4H,1-2H2,(H,5,6). The molecule has 7 nitrogen and oxygen atoms in total. The number of carbonyl (C=O) groups is 1. The molecule has 0 amide bonds. The summed E-state index contributed by atoms with van der Waals surface area (Å²) in [5, 5.41) is 15.9. The second kappa shape index (κ2) is 4.11. The molecular formula is C3H6O7S. The van der Waals surface area contributed by atoms with Crippen molar-refractivity contribution in [1.82, 2.24) is 0 Å². The lowest BCUT2D eigenvalue weighted by molar-refractivity contribution is 0.128. The molecule has 0 aromatic carbocycles. The first-order valence-corrected chi connectivity index (χ1v) is 3.74. The number of hydrogen-bond donors (Lipinski definition) is 2. The summed E-state index contributed by atoms with van der Waals surface area (Å²) in [5.74, 6) is 0. The molecule has 0 aliphatic heterocycles. The summed E-state index contributed by atoms with van der Waals surface area (Å²) >= 11 is 0. The van der Waals surface area contributed by atoms with E-state index in [9.17, 15) is 13.2 Å². The molecule has 0 fully saturated rings. The molecule has 0 radical (unpaired) electrons. The van der Waals surface area contributed by atoms with Gasteiger partial charge in [-0.25, -0.2) is 8.98 Å². The summed E-state index contributed by atoms with van der Waals surface area (Å²) in [6, 6.07) is 0. The number of aliphatic hydroxyl groups excluding tert-OH is 1. The van der Waals surface area contributed by atoms with Crippen molar-refractivity contribution in [2.75, 3.05) is 13.2 Å². The smallest absolute Gasteiger partial charge is 0.449 e. The Labute approximate surface area is 62.5 Å². The maximum absolute atomic E-state index is 10.3. The van der Waals surface area contributed by atoms with Crippen LogP contribution in [-0.4, -0.2) is 38.0 Å². The summed E-state index contributed by atoms with van der Waals surface area (Å²) in [6.45, 7) is -1.07. The molecule has 0 spiro atoms. The zero-order chi connectivity index (χ0) is 8.91. The van der Waals surface area contributed by atoms with Gasteiger partial charge in [0.2, 0.25) is 0 Å². The molecule has 0 aromatic heterocycles. The second-order valence-corrected chi connectivity index (χ2v) is 2.52. The third-order valence-electron chi connectivity index (χ3n) is 0.492. The molecular weight excluding hydrogens is 180 g/mol. The van der Waals surface area contributed by atoms with Crippen molar-refractivity contribution in [3.05, 3.63) is 0 Å². The molecule has 0 aliphatic carbocycles. The van der Waals surface area contributed by atoms with Gasteiger partial charge in [0.25, 0.3) is 0 Å². The van der Waals surface area contributed by atoms with E-state index in [1.165, 1.54) is 0 Å². The van der Waals surface area contributed by atoms with Gasteiger partial charge in [-0.2, -0.15) is 8.42 Å². The highest BCUT2D eigenvalue weighted by molar-refractivity contribution is 7.82. The number of aliphatic hydroxyl groups is 1. The van der Waals surface area contributed by atoms with Crippen LogP contribution in [0.2, 0.25) is 0 Å². The van der Waals surface area contributed by atoms with Crippen molar-refractivity contribution in [3.8, 4) is 0 Å². The Hall–Kier alpha value is -0.860. The Kier molecular flexibility index (Phi) is 3.79. The minimum Gasteiger partial charge on any atom is -0.449 e. The molecule has 0 rings (SSSR count). The van der Waals surface area contributed by atoms with Crippen LogP contribution < -0.4 is 0 Å². The van der Waals surface area contributed by atoms with Gasteiger partial charge in [0.05, 0.1) is 13.2 Å². The zero-order valence-corrected chi connectivity index (χ0v) is 6.07. The van der Waals surface area contributed by atoms with Crippen LogP contribution in [0.3, 0.4) is 0 Å². The molecule has 0 aromatic rings. The fraction of sp³-hybridized carbons (Fsp3) is 0.667. The van der Waals surface area contributed by atoms with E-state index in [4.69, 9.17) is 10.2 Å². The van der Waals surface area contributed by atoms with Crippen molar-refractivity contribution >= 4 is 16.6 Å². The van der Waals surface area contributed by atoms with Crippen molar-refractivity contribution in [1.29, 1.82) is 0 Å². The Morgan fingerprint density at radius 2 is 2.00 bits per heavy atom. The number of hydrogen-bond acceptors (Lipinski definition) is 6. The van der Waals surface area contributed by atoms with Crippen molar-refractivity contribution in [3.63, 3.8) is 0 Å². The molecule has 2 N–H and O–H groups in total. The lowest BCUT2D eigenvalue weighted by Gasteiger charge is -1.99. The van der Waals surface area contributed by atoms with Crippen molar-refractivity contribution in [2.24, 2.45) is 0 Å². The fourth-order valence-electron chi connectivity index (χ4n) is 0.251. The molecule has 0 atom stereocenters. The summed E-state index contributed by atoms with van der Waals surface area (Å²) in [4.78, 5) is 9.63. The van der Waals surface area contributed by atoms with E-state index in [1.807, 2.05) is 0 Å². The van der Waals surface area contributed by atoms with E-state index in [1.54, 1.807) is 0 Å². The predicted molar refractivity (Wildman–Crippen MR) is 31.1 cm³/mol. The van der Waals surface area contributed by atoms with Crippen molar-refractivity contribution in [2.45, 2.75) is 0 Å². The Balaban J connectivity index is 3.92. The Bertz CT molecular complexity index is 216. The Morgan fingerprint density at radius 3 is 2.36 bits per heavy atom. The molecule has 0 heterocycles. The third kappa shape index (κ3) is 5.58. The van der Waals surface area contributed by atoms with Crippen LogP contribution in [0.15, 0.2) is 0 Å². The average molecular weight is 186 g/mol. The van der Waals surface area contributed by atoms with E-state index in [2.05, 4.69) is 8.37 Å². The third-order valence-corrected chi connectivity index (χ3v) is 1.29. The molecule has 0 bridgehead atoms. The molecule has 0 saturated carbocycles. The highest BCUT2D eigenvalue weighted by Gasteiger charge is 2.16. The monoisotopic (exact) mass is 186 g/mol. The van der Waals surface area contributed by atoms with E-state index in [0.717, 1.165) is 0 Å². The van der Waals surface area contributed by atoms with Gasteiger partial charge in [-0.1, -0.05) is 0 Å². The fourth-order valence-corrected chi connectivity index (χ4v) is 0.752. The normalized spacial score (nSPS) is 11.0. The van der Waals surface area contributed by atoms with Gasteiger partial charge in [0, 0.05) is 0 Å². The quantitative estimate of drug-likeness (QED) is 0.575. The minimum atomic E-state index is -4.50. The summed E-state index contributed by atoms with van der Waals surface area (Å²) in [7, 11) is -4.50. The highest BCUT2D eigenvalue weighted by Crippen LogP contribution is 1.94. The van der Waals surface area contributed by atoms with E-state index in [-0.39, 0.29) is 0 Å². The van der Waals surface area contributed by atoms with Gasteiger partial charge < -0.3 is 10.2 Å². The van der Waals surface area contributed by atoms with E-state index >= 15 is 0 Å². The van der Waals surface area contributed by atoms with E-state index < -0.39 is 29.8 Å². The molecule has 0 saturated heterocycles. The van der Waals surface area contributed by atoms with Gasteiger partial charge >= 0.3 is 16.6 Å². The molecule has 11 heavy (non-hydrogen) atoms. The first kappa shape index (κ1) is 10.1. The lowest BCUT2D eigenvalue weighted by Crippen LogP contribution is -2.15. The summed E-state index contributed by atoms with van der Waals surface area (Å²) < 4.78 is 27.6. The van der Waals surface area contributed by atoms with E-state index in [0.29, 0.717) is 0 Å². The number of rotatable bonds is 4. The Morgan fingerprint density at radius 1 is 1.45 bits per heavy atom. The zero-order valence-electron chi connectivity index (χ0n) is 5.26. The van der Waals surface area contributed by atoms with Gasteiger partial charge in [-0.3, -0.25) is 4.18 Å². The van der Waals surface area contributed by atoms with Gasteiger partial charge in [0.15, 0.2) is 0 Å². The predicted octanol–water partition coefficient (Wildman–Crippen LogP) is -1.07. The van der Waals surface area contributed by atoms with Crippen LogP contribution in [-0.2, 0) is 18.8 Å². The van der Waals surface area contributed by atoms with Crippen LogP contribution in [0, 0.1) is 0 Å².